The summed E-state index contributed by atoms with van der Waals surface area (Å²) in [5.74, 6) is -1.85. The van der Waals surface area contributed by atoms with Crippen LogP contribution in [0.5, 0.6) is 0 Å². The van der Waals surface area contributed by atoms with Crippen molar-refractivity contribution in [1.82, 2.24) is 15.3 Å². The molecule has 0 aliphatic heterocycles. The standard InChI is InChI=1S/C10H16N4O3/c1-6(7-4-12-5-13-7)9(10(16)17)14-8(15)2-3-11/h4-6,9H,2-3,11H2,1H3,(H,12,13)(H,14,15)(H,16,17). The molecular weight excluding hydrogens is 224 g/mol. The summed E-state index contributed by atoms with van der Waals surface area (Å²) in [6.45, 7) is 1.89. The number of nitrogens with two attached hydrogens (primary N) is 1. The molecule has 1 amide bonds. The van der Waals surface area contributed by atoms with Crippen LogP contribution in [-0.2, 0) is 9.59 Å². The molecular formula is C10H16N4O3. The van der Waals surface area contributed by atoms with E-state index >= 15 is 0 Å². The van der Waals surface area contributed by atoms with Crippen LogP contribution < -0.4 is 11.1 Å². The van der Waals surface area contributed by atoms with E-state index < -0.39 is 17.9 Å². The summed E-state index contributed by atoms with van der Waals surface area (Å²) in [7, 11) is 0. The highest BCUT2D eigenvalue weighted by Gasteiger charge is 2.28. The minimum atomic E-state index is -1.09. The van der Waals surface area contributed by atoms with Gasteiger partial charge >= 0.3 is 5.97 Å². The lowest BCUT2D eigenvalue weighted by Gasteiger charge is -2.20. The van der Waals surface area contributed by atoms with E-state index in [2.05, 4.69) is 15.3 Å². The molecule has 0 aliphatic rings. The van der Waals surface area contributed by atoms with Gasteiger partial charge in [-0.05, 0) is 0 Å². The average Bonchev–Trinajstić information content (AvgIpc) is 2.78. The number of amides is 1. The fourth-order valence-corrected chi connectivity index (χ4v) is 1.47. The van der Waals surface area contributed by atoms with Gasteiger partial charge in [-0.25, -0.2) is 9.78 Å². The summed E-state index contributed by atoms with van der Waals surface area (Å²) < 4.78 is 0. The zero-order valence-electron chi connectivity index (χ0n) is 9.51. The number of hydrogen-bond acceptors (Lipinski definition) is 4. The Balaban J connectivity index is 2.72. The summed E-state index contributed by atoms with van der Waals surface area (Å²) in [6.07, 6.45) is 3.11. The zero-order chi connectivity index (χ0) is 12.8. The lowest BCUT2D eigenvalue weighted by atomic mass is 9.99. The van der Waals surface area contributed by atoms with Crippen molar-refractivity contribution >= 4 is 11.9 Å². The molecule has 0 saturated carbocycles. The number of carboxylic acids is 1. The Bertz CT molecular complexity index is 377. The number of aromatic nitrogens is 2. The van der Waals surface area contributed by atoms with Crippen LogP contribution in [0.25, 0.3) is 0 Å². The number of aliphatic carboxylic acids is 1. The Morgan fingerprint density at radius 3 is 2.82 bits per heavy atom. The van der Waals surface area contributed by atoms with E-state index in [1.165, 1.54) is 12.5 Å². The first kappa shape index (κ1) is 13.2. The van der Waals surface area contributed by atoms with E-state index in [4.69, 9.17) is 10.8 Å². The van der Waals surface area contributed by atoms with E-state index in [0.717, 1.165) is 0 Å². The molecule has 0 aromatic carbocycles. The molecule has 7 nitrogen and oxygen atoms in total. The Labute approximate surface area is 98.4 Å². The van der Waals surface area contributed by atoms with Crippen LogP contribution in [0.3, 0.4) is 0 Å². The largest absolute Gasteiger partial charge is 0.480 e. The molecule has 1 aromatic rings. The topological polar surface area (TPSA) is 121 Å². The smallest absolute Gasteiger partial charge is 0.326 e. The van der Waals surface area contributed by atoms with E-state index in [1.54, 1.807) is 6.92 Å². The first-order valence-corrected chi connectivity index (χ1v) is 5.26. The van der Waals surface area contributed by atoms with Gasteiger partial charge in [0.05, 0.1) is 6.33 Å². The Kier molecular flexibility index (Phi) is 4.65. The molecule has 0 radical (unpaired) electrons. The van der Waals surface area contributed by atoms with Crippen LogP contribution in [0.2, 0.25) is 0 Å². The van der Waals surface area contributed by atoms with Crippen molar-refractivity contribution in [3.8, 4) is 0 Å². The molecule has 2 unspecified atom stereocenters. The maximum absolute atomic E-state index is 11.4. The molecule has 17 heavy (non-hydrogen) atoms. The maximum atomic E-state index is 11.4. The fraction of sp³-hybridized carbons (Fsp3) is 0.500. The quantitative estimate of drug-likeness (QED) is 0.530. The lowest BCUT2D eigenvalue weighted by Crippen LogP contribution is -2.44. The van der Waals surface area contributed by atoms with Gasteiger partial charge < -0.3 is 21.1 Å². The van der Waals surface area contributed by atoms with E-state index in [1.807, 2.05) is 0 Å². The van der Waals surface area contributed by atoms with Crippen LogP contribution in [-0.4, -0.2) is 39.5 Å². The van der Waals surface area contributed by atoms with Crippen molar-refractivity contribution in [3.05, 3.63) is 18.2 Å². The molecule has 5 N–H and O–H groups in total. The molecule has 0 bridgehead atoms. The Morgan fingerprint density at radius 2 is 2.35 bits per heavy atom. The maximum Gasteiger partial charge on any atom is 0.326 e. The number of carboxylic acid groups (broad SMARTS) is 1. The molecule has 1 rings (SSSR count). The Morgan fingerprint density at radius 1 is 1.65 bits per heavy atom. The monoisotopic (exact) mass is 240 g/mol. The predicted octanol–water partition coefficient (Wildman–Crippen LogP) is -0.569. The van der Waals surface area contributed by atoms with Gasteiger partial charge in [-0.1, -0.05) is 6.92 Å². The molecule has 0 spiro atoms. The summed E-state index contributed by atoms with van der Waals surface area (Å²) >= 11 is 0. The van der Waals surface area contributed by atoms with Crippen LogP contribution in [0.15, 0.2) is 12.5 Å². The predicted molar refractivity (Wildman–Crippen MR) is 60.2 cm³/mol. The van der Waals surface area contributed by atoms with E-state index in [0.29, 0.717) is 5.69 Å². The summed E-state index contributed by atoms with van der Waals surface area (Å²) in [5, 5.41) is 11.5. The van der Waals surface area contributed by atoms with Crippen LogP contribution in [0, 0.1) is 0 Å². The van der Waals surface area contributed by atoms with E-state index in [9.17, 15) is 9.59 Å². The number of imidazole rings is 1. The van der Waals surface area contributed by atoms with Gasteiger partial charge in [-0.2, -0.15) is 0 Å². The summed E-state index contributed by atoms with van der Waals surface area (Å²) in [6, 6.07) is -0.991. The third-order valence-electron chi connectivity index (χ3n) is 2.46. The van der Waals surface area contributed by atoms with Gasteiger partial charge in [-0.15, -0.1) is 0 Å². The first-order valence-electron chi connectivity index (χ1n) is 5.26. The van der Waals surface area contributed by atoms with Crippen LogP contribution >= 0.6 is 0 Å². The first-order chi connectivity index (χ1) is 8.06. The third kappa shape index (κ3) is 3.56. The number of aromatic amines is 1. The SMILES string of the molecule is CC(c1cnc[nH]1)C(NC(=O)CCN)C(=O)O. The van der Waals surface area contributed by atoms with Crippen molar-refractivity contribution in [2.45, 2.75) is 25.3 Å². The highest BCUT2D eigenvalue weighted by Crippen LogP contribution is 2.16. The molecule has 0 aliphatic carbocycles. The molecule has 94 valence electrons. The number of hydrogen-bond donors (Lipinski definition) is 4. The van der Waals surface area contributed by atoms with Gasteiger partial charge in [0.1, 0.15) is 6.04 Å². The van der Waals surface area contributed by atoms with Crippen LogP contribution in [0.1, 0.15) is 25.0 Å². The van der Waals surface area contributed by atoms with Crippen molar-refractivity contribution < 1.29 is 14.7 Å². The molecule has 0 saturated heterocycles. The van der Waals surface area contributed by atoms with Crippen molar-refractivity contribution in [1.29, 1.82) is 0 Å². The molecule has 1 aromatic heterocycles. The van der Waals surface area contributed by atoms with Gasteiger partial charge in [0.15, 0.2) is 0 Å². The van der Waals surface area contributed by atoms with Gasteiger partial charge in [0.2, 0.25) is 5.91 Å². The average molecular weight is 240 g/mol. The highest BCUT2D eigenvalue weighted by molar-refractivity contribution is 5.84. The zero-order valence-corrected chi connectivity index (χ0v) is 9.51. The minimum absolute atomic E-state index is 0.111. The van der Waals surface area contributed by atoms with Gasteiger partial charge in [0.25, 0.3) is 0 Å². The Hall–Kier alpha value is -1.89. The normalized spacial score (nSPS) is 14.0. The van der Waals surface area contributed by atoms with Gasteiger partial charge in [0, 0.05) is 30.8 Å². The second kappa shape index (κ2) is 6.00. The number of nitrogens with one attached hydrogen (secondary N) is 2. The second-order valence-corrected chi connectivity index (χ2v) is 3.72. The number of carbonyl (C=O) groups excluding carboxylic acids is 1. The van der Waals surface area contributed by atoms with Crippen LogP contribution in [0.4, 0.5) is 0 Å². The van der Waals surface area contributed by atoms with E-state index in [-0.39, 0.29) is 18.9 Å². The third-order valence-corrected chi connectivity index (χ3v) is 2.46. The molecule has 2 atom stereocenters. The summed E-state index contributed by atoms with van der Waals surface area (Å²) in [4.78, 5) is 29.1. The molecule has 7 heteroatoms. The number of nitrogens with zero attached hydrogens (tertiary/aromatic N) is 1. The van der Waals surface area contributed by atoms with Crippen molar-refractivity contribution in [2.24, 2.45) is 5.73 Å². The van der Waals surface area contributed by atoms with Crippen molar-refractivity contribution in [3.63, 3.8) is 0 Å². The summed E-state index contributed by atoms with van der Waals surface area (Å²) in [5.41, 5.74) is 5.89. The molecule has 0 fully saturated rings. The minimum Gasteiger partial charge on any atom is -0.480 e. The molecule has 1 heterocycles. The van der Waals surface area contributed by atoms with Crippen molar-refractivity contribution in [2.75, 3.05) is 6.54 Å². The number of rotatable bonds is 6. The second-order valence-electron chi connectivity index (χ2n) is 3.72. The number of H-pyrrole nitrogens is 1. The number of carbonyl (C=O) groups is 2. The highest BCUT2D eigenvalue weighted by atomic mass is 16.4. The fourth-order valence-electron chi connectivity index (χ4n) is 1.47. The van der Waals surface area contributed by atoms with Gasteiger partial charge in [-0.3, -0.25) is 4.79 Å². The lowest BCUT2D eigenvalue weighted by molar-refractivity contribution is -0.142.